The quantitative estimate of drug-likeness (QED) is 0.570. The maximum absolute atomic E-state index is 6.28. The van der Waals surface area contributed by atoms with Crippen molar-refractivity contribution in [3.63, 3.8) is 0 Å². The number of hydrogen-bond donors (Lipinski definition) is 2. The zero-order valence-electron chi connectivity index (χ0n) is 14.5. The smallest absolute Gasteiger partial charge is 0.0624 e. The number of anilines is 3. The highest BCUT2D eigenvalue weighted by atomic mass is 14.9. The molecule has 2 nitrogen and oxygen atoms in total. The van der Waals surface area contributed by atoms with Crippen LogP contribution in [-0.2, 0) is 0 Å². The number of nitrogen functional groups attached to an aromatic ring is 1. The van der Waals surface area contributed by atoms with Crippen molar-refractivity contribution in [2.75, 3.05) is 11.1 Å². The van der Waals surface area contributed by atoms with E-state index in [1.807, 2.05) is 12.1 Å². The first-order valence-corrected chi connectivity index (χ1v) is 8.37. The van der Waals surface area contributed by atoms with Crippen LogP contribution >= 0.6 is 0 Å². The highest BCUT2D eigenvalue weighted by Gasteiger charge is 2.10. The van der Waals surface area contributed by atoms with E-state index in [0.29, 0.717) is 5.92 Å². The van der Waals surface area contributed by atoms with Crippen molar-refractivity contribution in [3.8, 4) is 11.1 Å². The van der Waals surface area contributed by atoms with E-state index in [2.05, 4.69) is 80.7 Å². The number of para-hydroxylation sites is 1. The molecule has 0 aliphatic heterocycles. The maximum Gasteiger partial charge on any atom is 0.0624 e. The standard InChI is InChI=1S/C22H24N2/c1-15(2)18-11-7-8-12-21(18)24-22-14-19(16(3)13-20(22)23)17-9-5-4-6-10-17/h4-15,24H,23H2,1-3H3. The summed E-state index contributed by atoms with van der Waals surface area (Å²) in [6.07, 6.45) is 0. The molecule has 0 fully saturated rings. The Labute approximate surface area is 144 Å². The first-order chi connectivity index (χ1) is 11.6. The molecule has 0 saturated heterocycles. The minimum atomic E-state index is 0.453. The van der Waals surface area contributed by atoms with Crippen LogP contribution in [0.5, 0.6) is 0 Å². The normalized spacial score (nSPS) is 10.8. The molecule has 0 aliphatic rings. The molecular formula is C22H24N2. The van der Waals surface area contributed by atoms with E-state index in [4.69, 9.17) is 5.73 Å². The van der Waals surface area contributed by atoms with Crippen molar-refractivity contribution in [2.24, 2.45) is 0 Å². The highest BCUT2D eigenvalue weighted by molar-refractivity contribution is 5.82. The molecule has 0 radical (unpaired) electrons. The van der Waals surface area contributed by atoms with Gasteiger partial charge >= 0.3 is 0 Å². The summed E-state index contributed by atoms with van der Waals surface area (Å²) in [4.78, 5) is 0. The summed E-state index contributed by atoms with van der Waals surface area (Å²) in [7, 11) is 0. The fourth-order valence-corrected chi connectivity index (χ4v) is 3.03. The molecule has 0 unspecified atom stereocenters. The Morgan fingerprint density at radius 2 is 1.50 bits per heavy atom. The van der Waals surface area contributed by atoms with E-state index in [1.54, 1.807) is 0 Å². The predicted octanol–water partition coefficient (Wildman–Crippen LogP) is 6.11. The van der Waals surface area contributed by atoms with Gasteiger partial charge in [0.05, 0.1) is 11.4 Å². The Kier molecular flexibility index (Phi) is 4.57. The van der Waals surface area contributed by atoms with Crippen LogP contribution in [-0.4, -0.2) is 0 Å². The van der Waals surface area contributed by atoms with Gasteiger partial charge in [0.15, 0.2) is 0 Å². The van der Waals surface area contributed by atoms with E-state index < -0.39 is 0 Å². The van der Waals surface area contributed by atoms with Gasteiger partial charge in [-0.25, -0.2) is 0 Å². The molecule has 0 aromatic heterocycles. The van der Waals surface area contributed by atoms with Crippen LogP contribution in [0, 0.1) is 6.92 Å². The Hall–Kier alpha value is -2.74. The van der Waals surface area contributed by atoms with Crippen molar-refractivity contribution in [2.45, 2.75) is 26.7 Å². The van der Waals surface area contributed by atoms with Crippen LogP contribution in [0.15, 0.2) is 66.7 Å². The molecule has 0 spiro atoms. The fraction of sp³-hybridized carbons (Fsp3) is 0.182. The number of rotatable bonds is 4. The summed E-state index contributed by atoms with van der Waals surface area (Å²) in [5, 5.41) is 3.53. The lowest BCUT2D eigenvalue weighted by atomic mass is 9.98. The van der Waals surface area contributed by atoms with Gasteiger partial charge in [-0.05, 0) is 53.3 Å². The third-order valence-corrected chi connectivity index (χ3v) is 4.33. The SMILES string of the molecule is Cc1cc(N)c(Nc2ccccc2C(C)C)cc1-c1ccccc1. The van der Waals surface area contributed by atoms with E-state index in [-0.39, 0.29) is 0 Å². The lowest BCUT2D eigenvalue weighted by molar-refractivity contribution is 0.869. The zero-order valence-corrected chi connectivity index (χ0v) is 14.5. The number of hydrogen-bond acceptors (Lipinski definition) is 2. The maximum atomic E-state index is 6.28. The van der Waals surface area contributed by atoms with Crippen LogP contribution in [0.4, 0.5) is 17.1 Å². The van der Waals surface area contributed by atoms with Gasteiger partial charge in [0.1, 0.15) is 0 Å². The Bertz CT molecular complexity index is 836. The summed E-state index contributed by atoms with van der Waals surface area (Å²) in [6, 6.07) is 23.0. The number of aryl methyl sites for hydroxylation is 1. The summed E-state index contributed by atoms with van der Waals surface area (Å²) in [5.74, 6) is 0.453. The molecule has 0 atom stereocenters. The van der Waals surface area contributed by atoms with Crippen molar-refractivity contribution in [3.05, 3.63) is 77.9 Å². The average molecular weight is 316 g/mol. The summed E-state index contributed by atoms with van der Waals surface area (Å²) < 4.78 is 0. The Morgan fingerprint density at radius 3 is 2.21 bits per heavy atom. The molecule has 0 heterocycles. The van der Waals surface area contributed by atoms with Gasteiger partial charge in [0, 0.05) is 5.69 Å². The van der Waals surface area contributed by atoms with Crippen molar-refractivity contribution < 1.29 is 0 Å². The van der Waals surface area contributed by atoms with Crippen molar-refractivity contribution in [1.82, 2.24) is 0 Å². The van der Waals surface area contributed by atoms with Gasteiger partial charge in [-0.2, -0.15) is 0 Å². The number of nitrogens with two attached hydrogens (primary N) is 1. The second-order valence-corrected chi connectivity index (χ2v) is 6.49. The molecule has 0 bridgehead atoms. The van der Waals surface area contributed by atoms with E-state index >= 15 is 0 Å². The van der Waals surface area contributed by atoms with Gasteiger partial charge in [-0.3, -0.25) is 0 Å². The summed E-state index contributed by atoms with van der Waals surface area (Å²) in [5.41, 5.74) is 14.0. The number of benzene rings is 3. The minimum Gasteiger partial charge on any atom is -0.397 e. The topological polar surface area (TPSA) is 38.0 Å². The van der Waals surface area contributed by atoms with Gasteiger partial charge in [0.2, 0.25) is 0 Å². The van der Waals surface area contributed by atoms with Crippen molar-refractivity contribution in [1.29, 1.82) is 0 Å². The average Bonchev–Trinajstić information content (AvgIpc) is 2.58. The first-order valence-electron chi connectivity index (χ1n) is 8.37. The molecule has 122 valence electrons. The lowest BCUT2D eigenvalue weighted by Crippen LogP contribution is -2.01. The van der Waals surface area contributed by atoms with Crippen LogP contribution in [0.1, 0.15) is 30.9 Å². The fourth-order valence-electron chi connectivity index (χ4n) is 3.03. The number of nitrogens with one attached hydrogen (secondary N) is 1. The first kappa shape index (κ1) is 16.1. The molecule has 3 rings (SSSR count). The van der Waals surface area contributed by atoms with Crippen molar-refractivity contribution >= 4 is 17.1 Å². The molecule has 2 heteroatoms. The predicted molar refractivity (Wildman–Crippen MR) is 105 cm³/mol. The van der Waals surface area contributed by atoms with Crippen LogP contribution in [0.2, 0.25) is 0 Å². The Balaban J connectivity index is 2.04. The summed E-state index contributed by atoms with van der Waals surface area (Å²) >= 11 is 0. The van der Waals surface area contributed by atoms with Gasteiger partial charge in [-0.15, -0.1) is 0 Å². The molecule has 3 aromatic carbocycles. The van der Waals surface area contributed by atoms with Gasteiger partial charge < -0.3 is 11.1 Å². The van der Waals surface area contributed by atoms with Crippen LogP contribution in [0.25, 0.3) is 11.1 Å². The highest BCUT2D eigenvalue weighted by Crippen LogP contribution is 2.34. The minimum absolute atomic E-state index is 0.453. The molecular weight excluding hydrogens is 292 g/mol. The molecule has 3 aromatic rings. The summed E-state index contributed by atoms with van der Waals surface area (Å²) in [6.45, 7) is 6.51. The second kappa shape index (κ2) is 6.79. The van der Waals surface area contributed by atoms with Crippen LogP contribution < -0.4 is 11.1 Å². The van der Waals surface area contributed by atoms with E-state index in [0.717, 1.165) is 17.1 Å². The monoisotopic (exact) mass is 316 g/mol. The zero-order chi connectivity index (χ0) is 17.1. The third kappa shape index (κ3) is 3.28. The van der Waals surface area contributed by atoms with E-state index in [9.17, 15) is 0 Å². The van der Waals surface area contributed by atoms with E-state index in [1.165, 1.54) is 22.3 Å². The molecule has 24 heavy (non-hydrogen) atoms. The largest absolute Gasteiger partial charge is 0.397 e. The van der Waals surface area contributed by atoms with Gasteiger partial charge in [-0.1, -0.05) is 62.4 Å². The van der Waals surface area contributed by atoms with Gasteiger partial charge in [0.25, 0.3) is 0 Å². The third-order valence-electron chi connectivity index (χ3n) is 4.33. The van der Waals surface area contributed by atoms with Crippen LogP contribution in [0.3, 0.4) is 0 Å². The Morgan fingerprint density at radius 1 is 0.833 bits per heavy atom. The molecule has 0 amide bonds. The lowest BCUT2D eigenvalue weighted by Gasteiger charge is -2.18. The molecule has 3 N–H and O–H groups in total. The molecule has 0 saturated carbocycles. The molecule has 0 aliphatic carbocycles. The second-order valence-electron chi connectivity index (χ2n) is 6.49.